The molecule has 0 aliphatic carbocycles. The van der Waals surface area contributed by atoms with Crippen LogP contribution in [0.2, 0.25) is 5.02 Å². The van der Waals surface area contributed by atoms with Crippen LogP contribution in [0.5, 0.6) is 5.75 Å². The Morgan fingerprint density at radius 1 is 0.964 bits per heavy atom. The molecule has 4 rings (SSSR count). The van der Waals surface area contributed by atoms with Crippen molar-refractivity contribution in [3.63, 3.8) is 0 Å². The average molecular weight is 413 g/mol. The molecule has 0 fully saturated rings. The van der Waals surface area contributed by atoms with E-state index in [0.29, 0.717) is 21.8 Å². The van der Waals surface area contributed by atoms with Crippen LogP contribution in [0.1, 0.15) is 15.9 Å². The highest BCUT2D eigenvalue weighted by Crippen LogP contribution is 2.32. The van der Waals surface area contributed by atoms with Crippen molar-refractivity contribution < 1.29 is 17.9 Å². The van der Waals surface area contributed by atoms with E-state index in [0.717, 1.165) is 0 Å². The Kier molecular flexibility index (Phi) is 4.62. The van der Waals surface area contributed by atoms with Crippen LogP contribution in [0.3, 0.4) is 0 Å². The van der Waals surface area contributed by atoms with Crippen LogP contribution in [-0.2, 0) is 10.0 Å². The lowest BCUT2D eigenvalue weighted by atomic mass is 10.2. The van der Waals surface area contributed by atoms with E-state index in [1.54, 1.807) is 54.6 Å². The van der Waals surface area contributed by atoms with Crippen LogP contribution < -0.4 is 10.1 Å². The second-order valence-electron chi connectivity index (χ2n) is 5.93. The number of benzene rings is 3. The quantitative estimate of drug-likeness (QED) is 0.516. The molecule has 6 nitrogen and oxygen atoms in total. The van der Waals surface area contributed by atoms with Gasteiger partial charge in [0.2, 0.25) is 0 Å². The van der Waals surface area contributed by atoms with Crippen LogP contribution in [-0.4, -0.2) is 20.2 Å². The standard InChI is InChI=1S/C20H13ClN2O4S/c21-14-10-11-17(27-20(24)13-6-2-1-3-7-13)16(12-14)22-19-15-8-4-5-9-18(15)28(25,26)23-19/h1-12H,(H,22,23). The van der Waals surface area contributed by atoms with Crippen LogP contribution in [0.25, 0.3) is 0 Å². The summed E-state index contributed by atoms with van der Waals surface area (Å²) in [4.78, 5) is 12.5. The first kappa shape index (κ1) is 18.2. The van der Waals surface area contributed by atoms with E-state index >= 15 is 0 Å². The van der Waals surface area contributed by atoms with Crippen LogP contribution in [0.4, 0.5) is 5.69 Å². The predicted molar refractivity (Wildman–Crippen MR) is 107 cm³/mol. The normalized spacial score (nSPS) is 14.1. The van der Waals surface area contributed by atoms with Gasteiger partial charge in [0.05, 0.1) is 11.3 Å². The third-order valence-electron chi connectivity index (χ3n) is 4.04. The first-order chi connectivity index (χ1) is 13.4. The van der Waals surface area contributed by atoms with Gasteiger partial charge in [-0.3, -0.25) is 0 Å². The van der Waals surface area contributed by atoms with Gasteiger partial charge in [-0.2, -0.15) is 8.42 Å². The Balaban J connectivity index is 1.68. The fourth-order valence-corrected chi connectivity index (χ4v) is 4.09. The van der Waals surface area contributed by atoms with Gasteiger partial charge < -0.3 is 10.1 Å². The van der Waals surface area contributed by atoms with E-state index in [1.165, 1.54) is 18.2 Å². The molecule has 140 valence electrons. The van der Waals surface area contributed by atoms with Crippen LogP contribution >= 0.6 is 11.6 Å². The summed E-state index contributed by atoms with van der Waals surface area (Å²) in [5.74, 6) is -0.218. The Bertz CT molecular complexity index is 1210. The van der Waals surface area contributed by atoms with Crippen molar-refractivity contribution in [1.82, 2.24) is 0 Å². The minimum absolute atomic E-state index is 0.113. The van der Waals surface area contributed by atoms with Gasteiger partial charge in [-0.05, 0) is 42.5 Å². The minimum Gasteiger partial charge on any atom is -0.421 e. The zero-order chi connectivity index (χ0) is 19.7. The summed E-state index contributed by atoms with van der Waals surface area (Å²) in [6.45, 7) is 0. The summed E-state index contributed by atoms with van der Waals surface area (Å²) in [6, 6.07) is 19.6. The monoisotopic (exact) mass is 412 g/mol. The van der Waals surface area contributed by atoms with E-state index in [2.05, 4.69) is 9.71 Å². The van der Waals surface area contributed by atoms with Gasteiger partial charge in [0.15, 0.2) is 11.6 Å². The van der Waals surface area contributed by atoms with Gasteiger partial charge in [-0.25, -0.2) is 4.79 Å². The molecule has 0 spiro atoms. The fraction of sp³-hybridized carbons (Fsp3) is 0. The van der Waals surface area contributed by atoms with Crippen molar-refractivity contribution in [2.75, 3.05) is 5.32 Å². The molecule has 8 heteroatoms. The Morgan fingerprint density at radius 2 is 1.68 bits per heavy atom. The smallest absolute Gasteiger partial charge is 0.343 e. The first-order valence-electron chi connectivity index (χ1n) is 8.22. The molecule has 1 N–H and O–H groups in total. The minimum atomic E-state index is -3.78. The lowest BCUT2D eigenvalue weighted by Crippen LogP contribution is -2.14. The molecule has 1 aliphatic heterocycles. The number of carbonyl (C=O) groups excluding carboxylic acids is 1. The molecule has 0 saturated carbocycles. The maximum atomic E-state index is 12.4. The third-order valence-corrected chi connectivity index (χ3v) is 5.61. The molecule has 0 amide bonds. The fourth-order valence-electron chi connectivity index (χ4n) is 2.75. The van der Waals surface area contributed by atoms with E-state index in [-0.39, 0.29) is 16.5 Å². The van der Waals surface area contributed by atoms with Gasteiger partial charge >= 0.3 is 5.97 Å². The molecule has 28 heavy (non-hydrogen) atoms. The number of amidine groups is 1. The zero-order valence-corrected chi connectivity index (χ0v) is 15.9. The average Bonchev–Trinajstić information content (AvgIpc) is 2.95. The number of halogens is 1. The highest BCUT2D eigenvalue weighted by atomic mass is 35.5. The highest BCUT2D eigenvalue weighted by molar-refractivity contribution is 7.90. The lowest BCUT2D eigenvalue weighted by Gasteiger charge is -2.13. The van der Waals surface area contributed by atoms with E-state index < -0.39 is 16.0 Å². The maximum absolute atomic E-state index is 12.4. The number of ether oxygens (including phenoxy) is 1. The first-order valence-corrected chi connectivity index (χ1v) is 10.0. The van der Waals surface area contributed by atoms with Gasteiger partial charge in [0.25, 0.3) is 10.0 Å². The number of hydrogen-bond donors (Lipinski definition) is 1. The Labute approximate surface area is 166 Å². The summed E-state index contributed by atoms with van der Waals surface area (Å²) in [5.41, 5.74) is 1.14. The number of anilines is 1. The van der Waals surface area contributed by atoms with Crippen LogP contribution in [0.15, 0.2) is 82.1 Å². The Hall–Kier alpha value is -3.16. The molecule has 0 bridgehead atoms. The summed E-state index contributed by atoms with van der Waals surface area (Å²) in [6.07, 6.45) is 0. The Morgan fingerprint density at radius 3 is 2.46 bits per heavy atom. The van der Waals surface area contributed by atoms with E-state index in [4.69, 9.17) is 16.3 Å². The maximum Gasteiger partial charge on any atom is 0.343 e. The molecule has 0 radical (unpaired) electrons. The van der Waals surface area contributed by atoms with Crippen molar-refractivity contribution in [3.05, 3.63) is 88.9 Å². The molecule has 0 atom stereocenters. The second kappa shape index (κ2) is 7.10. The zero-order valence-electron chi connectivity index (χ0n) is 14.3. The summed E-state index contributed by atoms with van der Waals surface area (Å²) in [5, 5.41) is 3.31. The predicted octanol–water partition coefficient (Wildman–Crippen LogP) is 4.12. The number of nitrogens with zero attached hydrogens (tertiary/aromatic N) is 1. The molecule has 1 aliphatic rings. The number of sulfonamides is 1. The number of hydrogen-bond acceptors (Lipinski definition) is 5. The summed E-state index contributed by atoms with van der Waals surface area (Å²) in [7, 11) is -3.78. The van der Waals surface area contributed by atoms with Crippen molar-refractivity contribution >= 4 is 39.1 Å². The SMILES string of the molecule is O=C(Oc1ccc(Cl)cc1NC1=NS(=O)(=O)c2ccccc21)c1ccccc1. The number of esters is 1. The van der Waals surface area contributed by atoms with Gasteiger partial charge in [-0.15, -0.1) is 4.40 Å². The second-order valence-corrected chi connectivity index (χ2v) is 7.94. The van der Waals surface area contributed by atoms with Crippen molar-refractivity contribution in [3.8, 4) is 5.75 Å². The highest BCUT2D eigenvalue weighted by Gasteiger charge is 2.29. The number of carbonyl (C=O) groups is 1. The van der Waals surface area contributed by atoms with Crippen molar-refractivity contribution in [2.24, 2.45) is 4.40 Å². The molecular weight excluding hydrogens is 400 g/mol. The van der Waals surface area contributed by atoms with Gasteiger partial charge in [0.1, 0.15) is 4.90 Å². The topological polar surface area (TPSA) is 84.8 Å². The molecule has 3 aromatic rings. The van der Waals surface area contributed by atoms with E-state index in [9.17, 15) is 13.2 Å². The van der Waals surface area contributed by atoms with Crippen LogP contribution in [0, 0.1) is 0 Å². The molecule has 0 unspecified atom stereocenters. The number of fused-ring (bicyclic) bond motifs is 1. The van der Waals surface area contributed by atoms with Crippen molar-refractivity contribution in [2.45, 2.75) is 4.90 Å². The van der Waals surface area contributed by atoms with Gasteiger partial charge in [0, 0.05) is 10.6 Å². The molecular formula is C20H13ClN2O4S. The third kappa shape index (κ3) is 3.49. The summed E-state index contributed by atoms with van der Waals surface area (Å²) >= 11 is 6.07. The molecule has 0 aromatic heterocycles. The molecule has 1 heterocycles. The number of rotatable bonds is 3. The number of nitrogens with one attached hydrogen (secondary N) is 1. The van der Waals surface area contributed by atoms with Gasteiger partial charge in [-0.1, -0.05) is 41.9 Å². The largest absolute Gasteiger partial charge is 0.421 e. The lowest BCUT2D eigenvalue weighted by molar-refractivity contribution is 0.0736. The summed E-state index contributed by atoms with van der Waals surface area (Å²) < 4.78 is 33.7. The van der Waals surface area contributed by atoms with E-state index in [1.807, 2.05) is 0 Å². The van der Waals surface area contributed by atoms with Crippen molar-refractivity contribution in [1.29, 1.82) is 0 Å². The molecule has 3 aromatic carbocycles. The molecule has 0 saturated heterocycles.